The van der Waals surface area contributed by atoms with E-state index in [9.17, 15) is 24.2 Å². The first kappa shape index (κ1) is 16.8. The molecule has 0 amide bonds. The van der Waals surface area contributed by atoms with Gasteiger partial charge in [-0.1, -0.05) is 6.07 Å². The van der Waals surface area contributed by atoms with Gasteiger partial charge in [0.05, 0.1) is 6.61 Å². The number of carboxylic acids is 1. The Labute approximate surface area is 120 Å². The van der Waals surface area contributed by atoms with Crippen molar-refractivity contribution in [2.45, 2.75) is 19.1 Å². The quantitative estimate of drug-likeness (QED) is 0.532. The van der Waals surface area contributed by atoms with Crippen molar-refractivity contribution in [2.24, 2.45) is 0 Å². The summed E-state index contributed by atoms with van der Waals surface area (Å²) in [6.07, 6.45) is -1.69. The Morgan fingerprint density at radius 2 is 2.05 bits per heavy atom. The van der Waals surface area contributed by atoms with E-state index in [0.717, 1.165) is 24.3 Å². The second-order valence-electron chi connectivity index (χ2n) is 4.09. The van der Waals surface area contributed by atoms with Gasteiger partial charge in [-0.2, -0.15) is 0 Å². The van der Waals surface area contributed by atoms with Crippen molar-refractivity contribution < 1.29 is 34.0 Å². The number of carbonyl (C=O) groups excluding carboxylic acids is 1. The molecule has 1 aromatic rings. The van der Waals surface area contributed by atoms with Crippen LogP contribution in [-0.2, 0) is 14.3 Å². The molecule has 1 rings (SSSR count). The van der Waals surface area contributed by atoms with E-state index in [0.29, 0.717) is 0 Å². The molecule has 21 heavy (non-hydrogen) atoms. The van der Waals surface area contributed by atoms with E-state index >= 15 is 0 Å². The number of benzene rings is 1. The largest absolute Gasteiger partial charge is 0.478 e. The average Bonchev–Trinajstić information content (AvgIpc) is 2.45. The molecule has 0 bridgehead atoms. The number of halogens is 1. The van der Waals surface area contributed by atoms with Gasteiger partial charge in [-0.05, 0) is 30.7 Å². The molecule has 6 nitrogen and oxygen atoms in total. The van der Waals surface area contributed by atoms with Crippen LogP contribution in [0.3, 0.4) is 0 Å². The van der Waals surface area contributed by atoms with E-state index in [2.05, 4.69) is 4.74 Å². The van der Waals surface area contributed by atoms with Crippen LogP contribution >= 0.6 is 0 Å². The number of hydrogen-bond donors (Lipinski definition) is 3. The predicted octanol–water partition coefficient (Wildman–Crippen LogP) is 0.881. The first-order valence-corrected chi connectivity index (χ1v) is 6.10. The molecule has 7 heteroatoms. The number of ether oxygens (including phenoxy) is 1. The minimum atomic E-state index is -1.81. The molecule has 2 atom stereocenters. The Morgan fingerprint density at radius 3 is 2.62 bits per heavy atom. The molecular weight excluding hydrogens is 283 g/mol. The highest BCUT2D eigenvalue weighted by molar-refractivity contribution is 5.85. The van der Waals surface area contributed by atoms with E-state index in [1.807, 2.05) is 0 Å². The van der Waals surface area contributed by atoms with Gasteiger partial charge in [0.1, 0.15) is 11.9 Å². The Kier molecular flexibility index (Phi) is 6.01. The van der Waals surface area contributed by atoms with Gasteiger partial charge in [-0.15, -0.1) is 0 Å². The first-order valence-electron chi connectivity index (χ1n) is 6.10. The van der Waals surface area contributed by atoms with Gasteiger partial charge in [0.2, 0.25) is 0 Å². The number of hydrogen-bond acceptors (Lipinski definition) is 5. The summed E-state index contributed by atoms with van der Waals surface area (Å²) in [6.45, 7) is 1.59. The van der Waals surface area contributed by atoms with Gasteiger partial charge in [0.25, 0.3) is 0 Å². The minimum absolute atomic E-state index is 0.0403. The monoisotopic (exact) mass is 298 g/mol. The third kappa shape index (κ3) is 4.66. The van der Waals surface area contributed by atoms with Crippen LogP contribution in [0.1, 0.15) is 24.2 Å². The SMILES string of the molecule is CCOC(=O)C(O)C(O)c1ccc(F)c(/C=C/C(=O)O)c1. The van der Waals surface area contributed by atoms with E-state index in [-0.39, 0.29) is 17.7 Å². The highest BCUT2D eigenvalue weighted by atomic mass is 19.1. The van der Waals surface area contributed by atoms with Gasteiger partial charge in [0, 0.05) is 11.6 Å². The molecule has 3 N–H and O–H groups in total. The third-order valence-corrected chi connectivity index (χ3v) is 2.59. The number of aliphatic hydroxyl groups excluding tert-OH is 2. The highest BCUT2D eigenvalue weighted by Gasteiger charge is 2.27. The molecule has 0 heterocycles. The van der Waals surface area contributed by atoms with Crippen molar-refractivity contribution in [3.05, 3.63) is 41.2 Å². The average molecular weight is 298 g/mol. The highest BCUT2D eigenvalue weighted by Crippen LogP contribution is 2.21. The van der Waals surface area contributed by atoms with Gasteiger partial charge < -0.3 is 20.1 Å². The fourth-order valence-corrected chi connectivity index (χ4v) is 1.57. The maximum Gasteiger partial charge on any atom is 0.338 e. The summed E-state index contributed by atoms with van der Waals surface area (Å²) in [5.41, 5.74) is -0.0352. The van der Waals surface area contributed by atoms with Crippen molar-refractivity contribution in [3.63, 3.8) is 0 Å². The molecule has 0 aliphatic carbocycles. The Morgan fingerprint density at radius 1 is 1.38 bits per heavy atom. The van der Waals surface area contributed by atoms with Crippen molar-refractivity contribution >= 4 is 18.0 Å². The van der Waals surface area contributed by atoms with E-state index in [4.69, 9.17) is 5.11 Å². The number of carboxylic acid groups (broad SMARTS) is 1. The van der Waals surface area contributed by atoms with Crippen LogP contribution in [0.5, 0.6) is 0 Å². The van der Waals surface area contributed by atoms with Crippen LogP contribution in [0.25, 0.3) is 6.08 Å². The minimum Gasteiger partial charge on any atom is -0.478 e. The fourth-order valence-electron chi connectivity index (χ4n) is 1.57. The number of carbonyl (C=O) groups is 2. The zero-order valence-electron chi connectivity index (χ0n) is 11.2. The maximum atomic E-state index is 13.5. The van der Waals surface area contributed by atoms with Crippen molar-refractivity contribution in [2.75, 3.05) is 6.61 Å². The number of aliphatic hydroxyl groups is 2. The Balaban J connectivity index is 3.00. The number of aliphatic carboxylic acids is 1. The lowest BCUT2D eigenvalue weighted by Crippen LogP contribution is -2.29. The zero-order chi connectivity index (χ0) is 16.0. The van der Waals surface area contributed by atoms with Crippen LogP contribution in [0.2, 0.25) is 0 Å². The molecule has 0 aliphatic rings. The number of rotatable bonds is 6. The summed E-state index contributed by atoms with van der Waals surface area (Å²) in [7, 11) is 0. The van der Waals surface area contributed by atoms with Gasteiger partial charge in [-0.25, -0.2) is 14.0 Å². The second-order valence-corrected chi connectivity index (χ2v) is 4.09. The van der Waals surface area contributed by atoms with Crippen LogP contribution in [-0.4, -0.2) is 40.0 Å². The van der Waals surface area contributed by atoms with Crippen molar-refractivity contribution in [3.8, 4) is 0 Å². The van der Waals surface area contributed by atoms with Gasteiger partial charge in [0.15, 0.2) is 6.10 Å². The molecule has 0 saturated heterocycles. The van der Waals surface area contributed by atoms with Gasteiger partial charge in [-0.3, -0.25) is 0 Å². The summed E-state index contributed by atoms with van der Waals surface area (Å²) in [5, 5.41) is 28.0. The lowest BCUT2D eigenvalue weighted by Gasteiger charge is -2.17. The smallest absolute Gasteiger partial charge is 0.338 e. The lowest BCUT2D eigenvalue weighted by atomic mass is 10.0. The Hall–Kier alpha value is -2.25. The molecule has 0 spiro atoms. The summed E-state index contributed by atoms with van der Waals surface area (Å²) >= 11 is 0. The molecule has 2 unspecified atom stereocenters. The molecule has 0 saturated carbocycles. The normalized spacial score (nSPS) is 13.9. The fraction of sp³-hybridized carbons (Fsp3) is 0.286. The second kappa shape index (κ2) is 7.51. The lowest BCUT2D eigenvalue weighted by molar-refractivity contribution is -0.159. The molecule has 0 radical (unpaired) electrons. The molecule has 0 aliphatic heterocycles. The summed E-state index contributed by atoms with van der Waals surface area (Å²) in [6, 6.07) is 3.32. The van der Waals surface area contributed by atoms with E-state index in [1.165, 1.54) is 6.07 Å². The van der Waals surface area contributed by atoms with Crippen LogP contribution in [0.4, 0.5) is 4.39 Å². The van der Waals surface area contributed by atoms with E-state index in [1.54, 1.807) is 6.92 Å². The Bertz CT molecular complexity index is 554. The molecule has 0 aromatic heterocycles. The van der Waals surface area contributed by atoms with Crippen LogP contribution < -0.4 is 0 Å². The summed E-state index contributed by atoms with van der Waals surface area (Å²) in [4.78, 5) is 21.7. The van der Waals surface area contributed by atoms with Gasteiger partial charge >= 0.3 is 11.9 Å². The maximum absolute atomic E-state index is 13.5. The van der Waals surface area contributed by atoms with Crippen LogP contribution in [0, 0.1) is 5.82 Å². The standard InChI is InChI=1S/C14H15FO6/c1-2-21-14(20)13(19)12(18)9-3-5-10(15)8(7-9)4-6-11(16)17/h3-7,12-13,18-19H,2H2,1H3,(H,16,17)/b6-4+. The number of esters is 1. The topological polar surface area (TPSA) is 104 Å². The predicted molar refractivity (Wildman–Crippen MR) is 70.7 cm³/mol. The zero-order valence-corrected chi connectivity index (χ0v) is 11.2. The first-order chi connectivity index (χ1) is 9.86. The molecule has 114 valence electrons. The molecular formula is C14H15FO6. The summed E-state index contributed by atoms with van der Waals surface area (Å²) < 4.78 is 18.0. The summed E-state index contributed by atoms with van der Waals surface area (Å²) in [5.74, 6) is -2.96. The molecule has 0 fully saturated rings. The van der Waals surface area contributed by atoms with E-state index < -0.39 is 30.0 Å². The van der Waals surface area contributed by atoms with Crippen molar-refractivity contribution in [1.82, 2.24) is 0 Å². The van der Waals surface area contributed by atoms with Crippen LogP contribution in [0.15, 0.2) is 24.3 Å². The third-order valence-electron chi connectivity index (χ3n) is 2.59. The molecule has 1 aromatic carbocycles. The van der Waals surface area contributed by atoms with Crippen molar-refractivity contribution in [1.29, 1.82) is 0 Å².